The number of benzene rings is 2. The van der Waals surface area contributed by atoms with Crippen molar-refractivity contribution in [1.29, 1.82) is 0 Å². The van der Waals surface area contributed by atoms with Gasteiger partial charge in [-0.15, -0.1) is 0 Å². The molecule has 0 atom stereocenters. The maximum Gasteiger partial charge on any atom is 0.00919 e. The van der Waals surface area contributed by atoms with Gasteiger partial charge in [-0.25, -0.2) is 0 Å². The molecule has 0 aliphatic rings. The molecule has 2 rings (SSSR count). The summed E-state index contributed by atoms with van der Waals surface area (Å²) in [6, 6.07) is 13.7. The first-order valence-electron chi connectivity index (χ1n) is 7.17. The maximum atomic E-state index is 2.30. The molecule has 0 heteroatoms. The van der Waals surface area contributed by atoms with Crippen LogP contribution in [0.1, 0.15) is 52.6 Å². The van der Waals surface area contributed by atoms with Crippen LogP contribution >= 0.6 is 0 Å². The first-order chi connectivity index (χ1) is 9.02. The van der Waals surface area contributed by atoms with Crippen molar-refractivity contribution in [3.05, 3.63) is 69.8 Å². The zero-order chi connectivity index (χ0) is 14.0. The van der Waals surface area contributed by atoms with Crippen LogP contribution in [0.5, 0.6) is 0 Å². The highest BCUT2D eigenvalue weighted by molar-refractivity contribution is 5.43. The normalized spacial score (nSPS) is 11.1. The van der Waals surface area contributed by atoms with Gasteiger partial charge in [0.05, 0.1) is 0 Å². The van der Waals surface area contributed by atoms with Gasteiger partial charge in [-0.05, 0) is 56.4 Å². The molecule has 0 unspecified atom stereocenters. The van der Waals surface area contributed by atoms with Gasteiger partial charge in [0, 0.05) is 5.92 Å². The Labute approximate surface area is 117 Å². The molecular formula is C19H24. The summed E-state index contributed by atoms with van der Waals surface area (Å²) in [7, 11) is 0. The van der Waals surface area contributed by atoms with Crippen molar-refractivity contribution in [2.45, 2.75) is 47.0 Å². The minimum Gasteiger partial charge on any atom is -0.0645 e. The molecule has 0 amide bonds. The summed E-state index contributed by atoms with van der Waals surface area (Å²) >= 11 is 0. The van der Waals surface area contributed by atoms with Crippen LogP contribution in [0.2, 0.25) is 0 Å². The van der Waals surface area contributed by atoms with Gasteiger partial charge in [0.1, 0.15) is 0 Å². The summed E-state index contributed by atoms with van der Waals surface area (Å²) in [4.78, 5) is 0. The maximum absolute atomic E-state index is 2.30. The molecular weight excluding hydrogens is 228 g/mol. The van der Waals surface area contributed by atoms with Gasteiger partial charge >= 0.3 is 0 Å². The van der Waals surface area contributed by atoms with Crippen LogP contribution in [0, 0.1) is 27.7 Å². The molecule has 0 saturated heterocycles. The van der Waals surface area contributed by atoms with Crippen LogP contribution in [0.15, 0.2) is 36.4 Å². The fourth-order valence-corrected chi connectivity index (χ4v) is 3.04. The summed E-state index contributed by atoms with van der Waals surface area (Å²) in [5, 5.41) is 0. The van der Waals surface area contributed by atoms with Crippen molar-refractivity contribution in [2.24, 2.45) is 0 Å². The minimum atomic E-state index is 0.515. The van der Waals surface area contributed by atoms with Crippen molar-refractivity contribution in [3.63, 3.8) is 0 Å². The molecule has 0 heterocycles. The molecule has 0 bridgehead atoms. The zero-order valence-corrected chi connectivity index (χ0v) is 12.7. The van der Waals surface area contributed by atoms with E-state index in [2.05, 4.69) is 71.0 Å². The summed E-state index contributed by atoms with van der Waals surface area (Å²) in [5.41, 5.74) is 8.45. The van der Waals surface area contributed by atoms with Gasteiger partial charge < -0.3 is 0 Å². The van der Waals surface area contributed by atoms with E-state index in [4.69, 9.17) is 0 Å². The Balaban J connectivity index is 2.50. The predicted octanol–water partition coefficient (Wildman–Crippen LogP) is 5.46. The van der Waals surface area contributed by atoms with Crippen LogP contribution < -0.4 is 0 Å². The van der Waals surface area contributed by atoms with E-state index in [-0.39, 0.29) is 0 Å². The van der Waals surface area contributed by atoms with E-state index in [1.807, 2.05) is 0 Å². The van der Waals surface area contributed by atoms with Gasteiger partial charge in [-0.1, -0.05) is 54.4 Å². The molecule has 0 fully saturated rings. The van der Waals surface area contributed by atoms with E-state index in [1.165, 1.54) is 33.4 Å². The molecule has 0 saturated carbocycles. The second kappa shape index (κ2) is 5.61. The average molecular weight is 252 g/mol. The lowest BCUT2D eigenvalue weighted by molar-refractivity contribution is 0.764. The van der Waals surface area contributed by atoms with E-state index in [0.29, 0.717) is 5.92 Å². The van der Waals surface area contributed by atoms with Crippen molar-refractivity contribution >= 4 is 0 Å². The Kier molecular flexibility index (Phi) is 4.09. The molecule has 0 aliphatic heterocycles. The Bertz CT molecular complexity index is 527. The number of hydrogen-bond donors (Lipinski definition) is 0. The minimum absolute atomic E-state index is 0.515. The zero-order valence-electron chi connectivity index (χ0n) is 12.7. The van der Waals surface area contributed by atoms with Gasteiger partial charge in [-0.2, -0.15) is 0 Å². The van der Waals surface area contributed by atoms with E-state index in [1.54, 1.807) is 0 Å². The highest BCUT2D eigenvalue weighted by atomic mass is 14.2. The van der Waals surface area contributed by atoms with Crippen LogP contribution in [0.25, 0.3) is 0 Å². The van der Waals surface area contributed by atoms with Crippen molar-refractivity contribution in [1.82, 2.24) is 0 Å². The molecule has 19 heavy (non-hydrogen) atoms. The monoisotopic (exact) mass is 252 g/mol. The second-order valence-corrected chi connectivity index (χ2v) is 5.68. The Morgan fingerprint density at radius 2 is 1.16 bits per heavy atom. The fraction of sp³-hybridized carbons (Fsp3) is 0.368. The second-order valence-electron chi connectivity index (χ2n) is 5.68. The molecule has 2 aromatic carbocycles. The van der Waals surface area contributed by atoms with Crippen LogP contribution in [-0.4, -0.2) is 0 Å². The van der Waals surface area contributed by atoms with Gasteiger partial charge in [-0.3, -0.25) is 0 Å². The SMILES string of the molecule is CCC(c1ccc(C)cc1C)c1ccc(C)cc1C. The standard InChI is InChI=1S/C19H24/c1-6-17(18-9-7-13(2)11-15(18)4)19-10-8-14(3)12-16(19)5/h7-12,17H,6H2,1-5H3. The third-order valence-corrected chi connectivity index (χ3v) is 4.01. The van der Waals surface area contributed by atoms with Gasteiger partial charge in [0.2, 0.25) is 0 Å². The van der Waals surface area contributed by atoms with E-state index in [9.17, 15) is 0 Å². The number of rotatable bonds is 3. The largest absolute Gasteiger partial charge is 0.0645 e. The Morgan fingerprint density at radius 1 is 0.737 bits per heavy atom. The fourth-order valence-electron chi connectivity index (χ4n) is 3.04. The molecule has 2 aromatic rings. The highest BCUT2D eigenvalue weighted by Crippen LogP contribution is 2.32. The smallest absolute Gasteiger partial charge is 0.00919 e. The number of hydrogen-bond acceptors (Lipinski definition) is 0. The molecule has 0 aliphatic carbocycles. The van der Waals surface area contributed by atoms with Crippen molar-refractivity contribution in [2.75, 3.05) is 0 Å². The predicted molar refractivity (Wildman–Crippen MR) is 84.0 cm³/mol. The molecule has 0 spiro atoms. The van der Waals surface area contributed by atoms with Crippen molar-refractivity contribution in [3.8, 4) is 0 Å². The van der Waals surface area contributed by atoms with Crippen LogP contribution in [0.3, 0.4) is 0 Å². The third kappa shape index (κ3) is 2.89. The quantitative estimate of drug-likeness (QED) is 0.680. The first-order valence-corrected chi connectivity index (χ1v) is 7.17. The van der Waals surface area contributed by atoms with E-state index >= 15 is 0 Å². The highest BCUT2D eigenvalue weighted by Gasteiger charge is 2.16. The average Bonchev–Trinajstić information content (AvgIpc) is 2.34. The summed E-state index contributed by atoms with van der Waals surface area (Å²) in [6.07, 6.45) is 1.15. The molecule has 0 N–H and O–H groups in total. The topological polar surface area (TPSA) is 0 Å². The van der Waals surface area contributed by atoms with E-state index in [0.717, 1.165) is 6.42 Å². The van der Waals surface area contributed by atoms with Crippen molar-refractivity contribution < 1.29 is 0 Å². The van der Waals surface area contributed by atoms with E-state index < -0.39 is 0 Å². The van der Waals surface area contributed by atoms with Gasteiger partial charge in [0.15, 0.2) is 0 Å². The summed E-state index contributed by atoms with van der Waals surface area (Å²) < 4.78 is 0. The third-order valence-electron chi connectivity index (χ3n) is 4.01. The lowest BCUT2D eigenvalue weighted by Gasteiger charge is -2.21. The summed E-state index contributed by atoms with van der Waals surface area (Å²) in [6.45, 7) is 11.1. The Morgan fingerprint density at radius 3 is 1.47 bits per heavy atom. The summed E-state index contributed by atoms with van der Waals surface area (Å²) in [5.74, 6) is 0.515. The Hall–Kier alpha value is -1.56. The molecule has 0 radical (unpaired) electrons. The van der Waals surface area contributed by atoms with Gasteiger partial charge in [0.25, 0.3) is 0 Å². The first kappa shape index (κ1) is 13.9. The number of aryl methyl sites for hydroxylation is 4. The van der Waals surface area contributed by atoms with Crippen LogP contribution in [-0.2, 0) is 0 Å². The molecule has 0 nitrogen and oxygen atoms in total. The lowest BCUT2D eigenvalue weighted by atomic mass is 9.83. The van der Waals surface area contributed by atoms with Crippen LogP contribution in [0.4, 0.5) is 0 Å². The molecule has 100 valence electrons. The lowest BCUT2D eigenvalue weighted by Crippen LogP contribution is -2.04. The molecule has 0 aromatic heterocycles.